The molecule has 3 rings (SSSR count). The second-order valence-electron chi connectivity index (χ2n) is 6.47. The summed E-state index contributed by atoms with van der Waals surface area (Å²) in [6, 6.07) is 3.62. The molecule has 10 heteroatoms. The van der Waals surface area contributed by atoms with Crippen molar-refractivity contribution in [2.24, 2.45) is 0 Å². The summed E-state index contributed by atoms with van der Waals surface area (Å²) >= 11 is 10.1. The quantitative estimate of drug-likeness (QED) is 0.408. The summed E-state index contributed by atoms with van der Waals surface area (Å²) in [4.78, 5) is 28.7. The lowest BCUT2D eigenvalue weighted by Crippen LogP contribution is -2.43. The van der Waals surface area contributed by atoms with Crippen molar-refractivity contribution in [3.63, 3.8) is 0 Å². The number of halogens is 1. The van der Waals surface area contributed by atoms with Crippen molar-refractivity contribution in [1.82, 2.24) is 9.80 Å². The van der Waals surface area contributed by atoms with E-state index >= 15 is 0 Å². The van der Waals surface area contributed by atoms with E-state index in [4.69, 9.17) is 26.4 Å². The molecule has 0 aliphatic carbocycles. The molecule has 0 atom stereocenters. The topological polar surface area (TPSA) is 68.3 Å². The lowest BCUT2D eigenvalue weighted by Gasteiger charge is -2.27. The van der Waals surface area contributed by atoms with Gasteiger partial charge in [-0.05, 0) is 53.5 Å². The molecule has 0 aromatic heterocycles. The van der Waals surface area contributed by atoms with Crippen molar-refractivity contribution in [3.05, 3.63) is 27.1 Å². The number of ether oxygens (including phenoxy) is 3. The zero-order valence-corrected chi connectivity index (χ0v) is 20.0. The van der Waals surface area contributed by atoms with Gasteiger partial charge in [-0.3, -0.25) is 14.5 Å². The minimum atomic E-state index is -0.0991. The Bertz CT molecular complexity index is 871. The van der Waals surface area contributed by atoms with E-state index in [1.165, 1.54) is 11.8 Å². The summed E-state index contributed by atoms with van der Waals surface area (Å²) in [5.41, 5.74) is 0.772. The molecule has 2 fully saturated rings. The molecule has 2 aliphatic rings. The van der Waals surface area contributed by atoms with Gasteiger partial charge in [0.25, 0.3) is 11.8 Å². The number of hydrogen-bond donors (Lipinski definition) is 0. The zero-order valence-electron chi connectivity index (χ0n) is 16.8. The Labute approximate surface area is 193 Å². The third kappa shape index (κ3) is 5.35. The summed E-state index contributed by atoms with van der Waals surface area (Å²) in [7, 11) is 0. The van der Waals surface area contributed by atoms with Gasteiger partial charge >= 0.3 is 0 Å². The average molecular weight is 515 g/mol. The second-order valence-corrected chi connectivity index (χ2v) is 9.00. The van der Waals surface area contributed by atoms with E-state index in [0.29, 0.717) is 64.7 Å². The second kappa shape index (κ2) is 10.6. The number of thiocarbonyl (C=S) groups is 1. The van der Waals surface area contributed by atoms with E-state index in [9.17, 15) is 9.59 Å². The molecule has 2 saturated heterocycles. The van der Waals surface area contributed by atoms with Crippen LogP contribution in [0.25, 0.3) is 6.08 Å². The van der Waals surface area contributed by atoms with Gasteiger partial charge in [0, 0.05) is 19.6 Å². The Morgan fingerprint density at radius 1 is 1.30 bits per heavy atom. The molecule has 2 aliphatic heterocycles. The molecule has 2 amide bonds. The molecule has 1 aromatic carbocycles. The number of thioether (sulfide) groups is 1. The van der Waals surface area contributed by atoms with Crippen LogP contribution in [0.4, 0.5) is 0 Å². The van der Waals surface area contributed by atoms with Gasteiger partial charge in [0.15, 0.2) is 18.1 Å². The van der Waals surface area contributed by atoms with Gasteiger partial charge in [-0.2, -0.15) is 0 Å². The first-order chi connectivity index (χ1) is 14.4. The SMILES string of the molecule is CCOc1cc(/C=C2\SC(=S)N(CC)C2=O)cc(Br)c1OCC(=O)N1CCOCC1. The molecule has 1 aromatic rings. The average Bonchev–Trinajstić information content (AvgIpc) is 3.00. The van der Waals surface area contributed by atoms with Gasteiger partial charge in [0.2, 0.25) is 0 Å². The predicted octanol–water partition coefficient (Wildman–Crippen LogP) is 3.31. The Hall–Kier alpha value is -1.62. The zero-order chi connectivity index (χ0) is 21.7. The molecule has 0 unspecified atom stereocenters. The number of rotatable bonds is 7. The predicted molar refractivity (Wildman–Crippen MR) is 124 cm³/mol. The molecule has 162 valence electrons. The van der Waals surface area contributed by atoms with Gasteiger partial charge in [0.05, 0.1) is 29.2 Å². The minimum absolute atomic E-state index is 0.0901. The third-order valence-corrected chi connectivity index (χ3v) is 6.49. The monoisotopic (exact) mass is 514 g/mol. The number of morpholine rings is 1. The normalized spacial score (nSPS) is 18.3. The highest BCUT2D eigenvalue weighted by molar-refractivity contribution is 9.10. The van der Waals surface area contributed by atoms with Crippen LogP contribution >= 0.6 is 39.9 Å². The van der Waals surface area contributed by atoms with Crippen molar-refractivity contribution in [2.45, 2.75) is 13.8 Å². The molecule has 0 radical (unpaired) electrons. The molecule has 0 bridgehead atoms. The first-order valence-corrected chi connectivity index (χ1v) is 11.7. The summed E-state index contributed by atoms with van der Waals surface area (Å²) in [5.74, 6) is 0.758. The van der Waals surface area contributed by atoms with Crippen molar-refractivity contribution in [1.29, 1.82) is 0 Å². The molecule has 30 heavy (non-hydrogen) atoms. The van der Waals surface area contributed by atoms with Crippen molar-refractivity contribution in [2.75, 3.05) is 46.1 Å². The lowest BCUT2D eigenvalue weighted by molar-refractivity contribution is -0.137. The summed E-state index contributed by atoms with van der Waals surface area (Å²) in [6.07, 6.45) is 1.78. The van der Waals surface area contributed by atoms with Gasteiger partial charge in [-0.1, -0.05) is 24.0 Å². The third-order valence-electron chi connectivity index (χ3n) is 4.52. The van der Waals surface area contributed by atoms with Crippen LogP contribution in [-0.4, -0.2) is 72.0 Å². The Kier molecular flexibility index (Phi) is 8.15. The fourth-order valence-corrected chi connectivity index (χ4v) is 4.99. The van der Waals surface area contributed by atoms with Crippen LogP contribution < -0.4 is 9.47 Å². The van der Waals surface area contributed by atoms with E-state index in [1.807, 2.05) is 19.9 Å². The number of carbonyl (C=O) groups excluding carboxylic acids is 2. The van der Waals surface area contributed by atoms with E-state index in [2.05, 4.69) is 15.9 Å². The standard InChI is InChI=1S/C20H23BrN2O5S2/c1-3-23-19(25)16(30-20(23)29)11-13-9-14(21)18(15(10-13)27-4-2)28-12-17(24)22-5-7-26-8-6-22/h9-11H,3-8,12H2,1-2H3/b16-11-. The maximum atomic E-state index is 12.5. The van der Waals surface area contributed by atoms with E-state index in [0.717, 1.165) is 5.56 Å². The van der Waals surface area contributed by atoms with Crippen LogP contribution in [0.2, 0.25) is 0 Å². The molecule has 7 nitrogen and oxygen atoms in total. The minimum Gasteiger partial charge on any atom is -0.490 e. The Morgan fingerprint density at radius 3 is 2.67 bits per heavy atom. The van der Waals surface area contributed by atoms with E-state index in [1.54, 1.807) is 21.9 Å². The molecule has 2 heterocycles. The number of carbonyl (C=O) groups is 2. The fourth-order valence-electron chi connectivity index (χ4n) is 3.04. The highest BCUT2D eigenvalue weighted by Crippen LogP contribution is 2.39. The largest absolute Gasteiger partial charge is 0.490 e. The molecular formula is C20H23BrN2O5S2. The Morgan fingerprint density at radius 2 is 2.03 bits per heavy atom. The van der Waals surface area contributed by atoms with Gasteiger partial charge in [-0.15, -0.1) is 0 Å². The van der Waals surface area contributed by atoms with Crippen molar-refractivity contribution in [3.8, 4) is 11.5 Å². The summed E-state index contributed by atoms with van der Waals surface area (Å²) in [5, 5.41) is 0. The van der Waals surface area contributed by atoms with Crippen LogP contribution in [0.1, 0.15) is 19.4 Å². The van der Waals surface area contributed by atoms with E-state index in [-0.39, 0.29) is 18.4 Å². The molecule has 0 spiro atoms. The molecule has 0 saturated carbocycles. The highest BCUT2D eigenvalue weighted by atomic mass is 79.9. The van der Waals surface area contributed by atoms with Gasteiger partial charge < -0.3 is 19.1 Å². The number of nitrogens with zero attached hydrogens (tertiary/aromatic N) is 2. The van der Waals surface area contributed by atoms with Crippen LogP contribution in [0.3, 0.4) is 0 Å². The van der Waals surface area contributed by atoms with Crippen LogP contribution in [-0.2, 0) is 14.3 Å². The number of hydrogen-bond acceptors (Lipinski definition) is 7. The lowest BCUT2D eigenvalue weighted by atomic mass is 10.2. The smallest absolute Gasteiger partial charge is 0.266 e. The number of benzene rings is 1. The first-order valence-electron chi connectivity index (χ1n) is 9.64. The first kappa shape index (κ1) is 23.1. The maximum absolute atomic E-state index is 12.5. The molecular weight excluding hydrogens is 492 g/mol. The van der Waals surface area contributed by atoms with Crippen molar-refractivity contribution < 1.29 is 23.8 Å². The Balaban J connectivity index is 1.78. The number of likely N-dealkylation sites (N-methyl/N-ethyl adjacent to an activating group) is 1. The molecule has 0 N–H and O–H groups in total. The van der Waals surface area contributed by atoms with Crippen LogP contribution in [0.5, 0.6) is 11.5 Å². The van der Waals surface area contributed by atoms with Gasteiger partial charge in [0.1, 0.15) is 4.32 Å². The maximum Gasteiger partial charge on any atom is 0.266 e. The fraction of sp³-hybridized carbons (Fsp3) is 0.450. The summed E-state index contributed by atoms with van der Waals surface area (Å²) < 4.78 is 18.0. The van der Waals surface area contributed by atoms with Crippen LogP contribution in [0, 0.1) is 0 Å². The van der Waals surface area contributed by atoms with Gasteiger partial charge in [-0.25, -0.2) is 0 Å². The summed E-state index contributed by atoms with van der Waals surface area (Å²) in [6.45, 7) is 6.86. The highest BCUT2D eigenvalue weighted by Gasteiger charge is 2.30. The van der Waals surface area contributed by atoms with Crippen LogP contribution in [0.15, 0.2) is 21.5 Å². The van der Waals surface area contributed by atoms with E-state index < -0.39 is 0 Å². The van der Waals surface area contributed by atoms with Crippen molar-refractivity contribution >= 4 is 62.1 Å². The number of amides is 2.